The Morgan fingerprint density at radius 1 is 0.967 bits per heavy atom. The van der Waals surface area contributed by atoms with Crippen LogP contribution in [0.2, 0.25) is 0 Å². The first-order valence-electron chi connectivity index (χ1n) is 8.97. The molecule has 0 spiro atoms. The fraction of sp³-hybridized carbons (Fsp3) is 0.300. The van der Waals surface area contributed by atoms with Crippen molar-refractivity contribution in [1.29, 1.82) is 0 Å². The summed E-state index contributed by atoms with van der Waals surface area (Å²) in [5.74, 6) is -0.877. The number of carbonyl (C=O) groups is 3. The number of pyridine rings is 1. The molecule has 3 amide bonds. The fourth-order valence-corrected chi connectivity index (χ4v) is 2.26. The summed E-state index contributed by atoms with van der Waals surface area (Å²) in [5, 5.41) is 8.03. The van der Waals surface area contributed by atoms with Gasteiger partial charge in [-0.2, -0.15) is 0 Å². The van der Waals surface area contributed by atoms with E-state index in [1.54, 1.807) is 48.8 Å². The number of benzene rings is 1. The summed E-state index contributed by atoms with van der Waals surface area (Å²) in [6, 6.07) is 9.74. The maximum absolute atomic E-state index is 12.1. The van der Waals surface area contributed by atoms with Crippen molar-refractivity contribution in [3.8, 4) is 0 Å². The number of nitrogens with two attached hydrogens (primary N) is 1. The van der Waals surface area contributed by atoms with Crippen LogP contribution in [0.3, 0.4) is 0 Å². The summed E-state index contributed by atoms with van der Waals surface area (Å²) < 4.78 is 0. The Kier molecular flexibility index (Phi) is 12.3. The second kappa shape index (κ2) is 13.5. The van der Waals surface area contributed by atoms with E-state index in [0.717, 1.165) is 5.56 Å². The van der Waals surface area contributed by atoms with E-state index in [2.05, 4.69) is 20.9 Å². The van der Waals surface area contributed by atoms with Crippen LogP contribution in [0.4, 0.5) is 5.69 Å². The van der Waals surface area contributed by atoms with Crippen LogP contribution >= 0.6 is 24.8 Å². The summed E-state index contributed by atoms with van der Waals surface area (Å²) in [6.45, 7) is 3.86. The molecular weight excluding hydrogens is 429 g/mol. The highest BCUT2D eigenvalue weighted by molar-refractivity contribution is 6.04. The largest absolute Gasteiger partial charge is 0.350 e. The molecule has 0 aliphatic carbocycles. The lowest BCUT2D eigenvalue weighted by Crippen LogP contribution is -2.47. The molecule has 0 saturated heterocycles. The van der Waals surface area contributed by atoms with Crippen molar-refractivity contribution in [3.05, 3.63) is 59.9 Å². The predicted octanol–water partition coefficient (Wildman–Crippen LogP) is 1.89. The number of carbonyl (C=O) groups excluding carboxylic acids is 3. The first-order valence-corrected chi connectivity index (χ1v) is 8.97. The molecule has 5 N–H and O–H groups in total. The Morgan fingerprint density at radius 3 is 2.13 bits per heavy atom. The molecule has 0 unspecified atom stereocenters. The van der Waals surface area contributed by atoms with Crippen molar-refractivity contribution in [2.75, 3.05) is 11.9 Å². The standard InChI is InChI=1S/C20H25N5O3.2ClH/c1-13(2)18(21)20(28)24-12-17(26)23-11-14-3-5-16(6-4-14)25-19(27)15-7-9-22-10-8-15;;/h3-10,13,18H,11-12,21H2,1-2H3,(H,23,26)(H,24,28)(H,25,27);2*1H/t18-;;/m0../s1. The van der Waals surface area contributed by atoms with Crippen molar-refractivity contribution in [2.45, 2.75) is 26.4 Å². The minimum absolute atomic E-state index is 0. The van der Waals surface area contributed by atoms with Gasteiger partial charge in [-0.3, -0.25) is 19.4 Å². The number of amides is 3. The maximum Gasteiger partial charge on any atom is 0.255 e. The van der Waals surface area contributed by atoms with Crippen molar-refractivity contribution in [1.82, 2.24) is 15.6 Å². The number of hydrogen-bond donors (Lipinski definition) is 4. The number of aromatic nitrogens is 1. The molecule has 1 aromatic heterocycles. The van der Waals surface area contributed by atoms with E-state index in [1.807, 2.05) is 13.8 Å². The third-order valence-corrected chi connectivity index (χ3v) is 4.09. The van der Waals surface area contributed by atoms with Crippen molar-refractivity contribution < 1.29 is 14.4 Å². The van der Waals surface area contributed by atoms with E-state index in [1.165, 1.54) is 0 Å². The molecule has 0 aliphatic rings. The van der Waals surface area contributed by atoms with Crippen LogP contribution in [0, 0.1) is 5.92 Å². The van der Waals surface area contributed by atoms with Gasteiger partial charge >= 0.3 is 0 Å². The SMILES string of the molecule is CC(C)[C@H](N)C(=O)NCC(=O)NCc1ccc(NC(=O)c2ccncc2)cc1.Cl.Cl. The lowest BCUT2D eigenvalue weighted by Gasteiger charge is -2.15. The monoisotopic (exact) mass is 455 g/mol. The van der Waals surface area contributed by atoms with E-state index < -0.39 is 6.04 Å². The lowest BCUT2D eigenvalue weighted by molar-refractivity contribution is -0.127. The second-order valence-electron chi connectivity index (χ2n) is 6.65. The Balaban J connectivity index is 0.00000420. The molecule has 1 heterocycles. The average molecular weight is 456 g/mol. The normalized spacial score (nSPS) is 10.8. The van der Waals surface area contributed by atoms with Crippen molar-refractivity contribution in [2.24, 2.45) is 11.7 Å². The van der Waals surface area contributed by atoms with Crippen LogP contribution in [0.25, 0.3) is 0 Å². The highest BCUT2D eigenvalue weighted by atomic mass is 35.5. The molecule has 0 saturated carbocycles. The number of nitrogens with zero attached hydrogens (tertiary/aromatic N) is 1. The Hall–Kier alpha value is -2.68. The Morgan fingerprint density at radius 2 is 1.57 bits per heavy atom. The molecule has 0 bridgehead atoms. The summed E-state index contributed by atoms with van der Waals surface area (Å²) in [5.41, 5.74) is 7.75. The number of halogens is 2. The van der Waals surface area contributed by atoms with Crippen molar-refractivity contribution >= 4 is 48.2 Å². The van der Waals surface area contributed by atoms with E-state index in [9.17, 15) is 14.4 Å². The van der Waals surface area contributed by atoms with Gasteiger partial charge in [0.1, 0.15) is 0 Å². The van der Waals surface area contributed by atoms with E-state index in [-0.39, 0.29) is 55.0 Å². The van der Waals surface area contributed by atoms with Crippen molar-refractivity contribution in [3.63, 3.8) is 0 Å². The van der Waals surface area contributed by atoms with Gasteiger partial charge in [0.25, 0.3) is 5.91 Å². The third-order valence-electron chi connectivity index (χ3n) is 4.09. The number of anilines is 1. The number of nitrogens with one attached hydrogen (secondary N) is 3. The van der Waals surface area contributed by atoms with E-state index in [0.29, 0.717) is 17.8 Å². The molecular formula is C20H27Cl2N5O3. The van der Waals surface area contributed by atoms with Gasteiger partial charge in [0.15, 0.2) is 0 Å². The fourth-order valence-electron chi connectivity index (χ4n) is 2.26. The summed E-state index contributed by atoms with van der Waals surface area (Å²) >= 11 is 0. The maximum atomic E-state index is 12.1. The molecule has 1 atom stereocenters. The number of rotatable bonds is 8. The second-order valence-corrected chi connectivity index (χ2v) is 6.65. The molecule has 164 valence electrons. The van der Waals surface area contributed by atoms with E-state index in [4.69, 9.17) is 5.73 Å². The number of hydrogen-bond acceptors (Lipinski definition) is 5. The minimum atomic E-state index is -0.636. The summed E-state index contributed by atoms with van der Waals surface area (Å²) in [7, 11) is 0. The Labute approximate surface area is 188 Å². The first-order chi connectivity index (χ1) is 13.4. The van der Waals surface area contributed by atoms with Gasteiger partial charge in [-0.15, -0.1) is 24.8 Å². The molecule has 8 nitrogen and oxygen atoms in total. The quantitative estimate of drug-likeness (QED) is 0.483. The van der Waals surface area contributed by atoms with Gasteiger partial charge in [0.2, 0.25) is 11.8 Å². The zero-order chi connectivity index (χ0) is 20.5. The van der Waals surface area contributed by atoms with Gasteiger partial charge in [0, 0.05) is 30.2 Å². The zero-order valence-corrected chi connectivity index (χ0v) is 18.4. The van der Waals surface area contributed by atoms with Gasteiger partial charge in [0.05, 0.1) is 12.6 Å². The molecule has 2 rings (SSSR count). The first kappa shape index (κ1) is 27.3. The van der Waals surface area contributed by atoms with Crippen LogP contribution in [-0.4, -0.2) is 35.3 Å². The van der Waals surface area contributed by atoms with Crippen LogP contribution in [0.1, 0.15) is 29.8 Å². The summed E-state index contributed by atoms with van der Waals surface area (Å²) in [6.07, 6.45) is 3.11. The highest BCUT2D eigenvalue weighted by Gasteiger charge is 2.17. The zero-order valence-electron chi connectivity index (χ0n) is 16.8. The van der Waals surface area contributed by atoms with Gasteiger partial charge in [-0.1, -0.05) is 26.0 Å². The topological polar surface area (TPSA) is 126 Å². The van der Waals surface area contributed by atoms with Crippen LogP contribution in [0.15, 0.2) is 48.8 Å². The van der Waals surface area contributed by atoms with Gasteiger partial charge in [-0.25, -0.2) is 0 Å². The molecule has 0 fully saturated rings. The van der Waals surface area contributed by atoms with Crippen LogP contribution < -0.4 is 21.7 Å². The molecule has 0 aliphatic heterocycles. The van der Waals surface area contributed by atoms with Gasteiger partial charge in [-0.05, 0) is 35.7 Å². The minimum Gasteiger partial charge on any atom is -0.350 e. The predicted molar refractivity (Wildman–Crippen MR) is 121 cm³/mol. The van der Waals surface area contributed by atoms with Gasteiger partial charge < -0.3 is 21.7 Å². The molecule has 30 heavy (non-hydrogen) atoms. The highest BCUT2D eigenvalue weighted by Crippen LogP contribution is 2.11. The average Bonchev–Trinajstić information content (AvgIpc) is 2.71. The Bertz CT molecular complexity index is 817. The van der Waals surface area contributed by atoms with Crippen LogP contribution in [-0.2, 0) is 16.1 Å². The lowest BCUT2D eigenvalue weighted by atomic mass is 10.1. The molecule has 2 aromatic rings. The molecule has 1 aromatic carbocycles. The molecule has 10 heteroatoms. The summed E-state index contributed by atoms with van der Waals surface area (Å²) in [4.78, 5) is 39.6. The van der Waals surface area contributed by atoms with Crippen LogP contribution in [0.5, 0.6) is 0 Å². The smallest absolute Gasteiger partial charge is 0.255 e. The molecule has 0 radical (unpaired) electrons. The van der Waals surface area contributed by atoms with E-state index >= 15 is 0 Å². The third kappa shape index (κ3) is 8.77.